The van der Waals surface area contributed by atoms with Crippen LogP contribution >= 0.6 is 15.9 Å². The third-order valence-corrected chi connectivity index (χ3v) is 3.71. The van der Waals surface area contributed by atoms with Crippen LogP contribution in [0.4, 0.5) is 0 Å². The van der Waals surface area contributed by atoms with Crippen LogP contribution in [-0.2, 0) is 0 Å². The summed E-state index contributed by atoms with van der Waals surface area (Å²) in [5, 5.41) is 0. The van der Waals surface area contributed by atoms with E-state index in [1.807, 2.05) is 12.1 Å². The van der Waals surface area contributed by atoms with Crippen LogP contribution in [0, 0.1) is 5.92 Å². The minimum absolute atomic E-state index is 0.0694. The van der Waals surface area contributed by atoms with Crippen LogP contribution in [0.5, 0.6) is 5.75 Å². The standard InChI is InChI=1S/C14H20BrNO/c1-9(2)7-14(3)8-12(16)11-6-10(15)4-5-13(11)17-14/h4-6,9,12H,7-8,16H2,1-3H3/t12-,14?/m0/s1. The van der Waals surface area contributed by atoms with Gasteiger partial charge in [0.05, 0.1) is 0 Å². The molecule has 0 radical (unpaired) electrons. The van der Waals surface area contributed by atoms with Crippen molar-refractivity contribution in [1.29, 1.82) is 0 Å². The highest BCUT2D eigenvalue weighted by molar-refractivity contribution is 9.10. The first kappa shape index (κ1) is 12.9. The average molecular weight is 298 g/mol. The van der Waals surface area contributed by atoms with Crippen molar-refractivity contribution in [2.24, 2.45) is 11.7 Å². The lowest BCUT2D eigenvalue weighted by Crippen LogP contribution is -2.41. The first-order valence-electron chi connectivity index (χ1n) is 6.14. The summed E-state index contributed by atoms with van der Waals surface area (Å²) in [6, 6.07) is 6.15. The third-order valence-electron chi connectivity index (χ3n) is 3.22. The molecule has 0 aliphatic carbocycles. The molecule has 94 valence electrons. The quantitative estimate of drug-likeness (QED) is 0.894. The molecule has 0 amide bonds. The summed E-state index contributed by atoms with van der Waals surface area (Å²) in [7, 11) is 0. The van der Waals surface area contributed by atoms with Crippen molar-refractivity contribution in [2.75, 3.05) is 0 Å². The fraction of sp³-hybridized carbons (Fsp3) is 0.571. The maximum Gasteiger partial charge on any atom is 0.124 e. The van der Waals surface area contributed by atoms with E-state index in [1.165, 1.54) is 0 Å². The van der Waals surface area contributed by atoms with E-state index in [4.69, 9.17) is 10.5 Å². The van der Waals surface area contributed by atoms with Gasteiger partial charge < -0.3 is 10.5 Å². The molecule has 0 saturated carbocycles. The summed E-state index contributed by atoms with van der Waals surface area (Å²) in [6.07, 6.45) is 1.92. The molecule has 1 aliphatic rings. The molecule has 0 saturated heterocycles. The van der Waals surface area contributed by atoms with Crippen LogP contribution in [0.1, 0.15) is 45.2 Å². The summed E-state index contributed by atoms with van der Waals surface area (Å²) in [5.41, 5.74) is 7.25. The molecular weight excluding hydrogens is 278 g/mol. The van der Waals surface area contributed by atoms with Crippen molar-refractivity contribution in [1.82, 2.24) is 0 Å². The highest BCUT2D eigenvalue weighted by Gasteiger charge is 2.36. The van der Waals surface area contributed by atoms with Crippen molar-refractivity contribution in [3.63, 3.8) is 0 Å². The molecular formula is C14H20BrNO. The van der Waals surface area contributed by atoms with Gasteiger partial charge in [-0.15, -0.1) is 0 Å². The van der Waals surface area contributed by atoms with Crippen LogP contribution in [-0.4, -0.2) is 5.60 Å². The average Bonchev–Trinajstić information content (AvgIpc) is 2.17. The van der Waals surface area contributed by atoms with Gasteiger partial charge in [-0.1, -0.05) is 29.8 Å². The first-order valence-corrected chi connectivity index (χ1v) is 6.93. The number of fused-ring (bicyclic) bond motifs is 1. The van der Waals surface area contributed by atoms with Crippen LogP contribution < -0.4 is 10.5 Å². The fourth-order valence-electron chi connectivity index (χ4n) is 2.77. The number of nitrogens with two attached hydrogens (primary N) is 1. The van der Waals surface area contributed by atoms with Crippen molar-refractivity contribution >= 4 is 15.9 Å². The molecule has 0 fully saturated rings. The van der Waals surface area contributed by atoms with E-state index >= 15 is 0 Å². The van der Waals surface area contributed by atoms with Crippen LogP contribution in [0.15, 0.2) is 22.7 Å². The van der Waals surface area contributed by atoms with Crippen LogP contribution in [0.25, 0.3) is 0 Å². The van der Waals surface area contributed by atoms with E-state index in [1.54, 1.807) is 0 Å². The minimum Gasteiger partial charge on any atom is -0.487 e. The van der Waals surface area contributed by atoms with Gasteiger partial charge in [-0.25, -0.2) is 0 Å². The molecule has 1 unspecified atom stereocenters. The van der Waals surface area contributed by atoms with E-state index < -0.39 is 0 Å². The first-order chi connectivity index (χ1) is 7.89. The normalized spacial score (nSPS) is 27.8. The monoisotopic (exact) mass is 297 g/mol. The Morgan fingerprint density at radius 3 is 2.88 bits per heavy atom. The highest BCUT2D eigenvalue weighted by Crippen LogP contribution is 2.41. The lowest BCUT2D eigenvalue weighted by molar-refractivity contribution is 0.0340. The largest absolute Gasteiger partial charge is 0.487 e. The van der Waals surface area contributed by atoms with Crippen molar-refractivity contribution in [3.8, 4) is 5.75 Å². The molecule has 0 aromatic heterocycles. The summed E-state index contributed by atoms with van der Waals surface area (Å²) in [4.78, 5) is 0. The predicted molar refractivity (Wildman–Crippen MR) is 74.2 cm³/mol. The smallest absolute Gasteiger partial charge is 0.124 e. The molecule has 1 heterocycles. The zero-order chi connectivity index (χ0) is 12.6. The molecule has 0 bridgehead atoms. The molecule has 17 heavy (non-hydrogen) atoms. The second kappa shape index (κ2) is 4.62. The Labute approximate surface area is 112 Å². The van der Waals surface area contributed by atoms with Gasteiger partial charge in [-0.2, -0.15) is 0 Å². The number of ether oxygens (including phenoxy) is 1. The Bertz CT molecular complexity index is 419. The van der Waals surface area contributed by atoms with Gasteiger partial charge in [0.25, 0.3) is 0 Å². The van der Waals surface area contributed by atoms with Crippen molar-refractivity contribution in [3.05, 3.63) is 28.2 Å². The second-order valence-corrected chi connectivity index (χ2v) is 6.56. The SMILES string of the molecule is CC(C)CC1(C)C[C@H](N)c2cc(Br)ccc2O1. The van der Waals surface area contributed by atoms with Gasteiger partial charge in [-0.05, 0) is 37.5 Å². The van der Waals surface area contributed by atoms with Gasteiger partial charge in [0.2, 0.25) is 0 Å². The molecule has 2 rings (SSSR count). The molecule has 1 aromatic rings. The Morgan fingerprint density at radius 1 is 1.53 bits per heavy atom. The van der Waals surface area contributed by atoms with E-state index in [2.05, 4.69) is 42.8 Å². The van der Waals surface area contributed by atoms with Gasteiger partial charge in [0.15, 0.2) is 0 Å². The maximum absolute atomic E-state index is 6.27. The van der Waals surface area contributed by atoms with E-state index in [0.717, 1.165) is 28.6 Å². The Morgan fingerprint density at radius 2 is 2.24 bits per heavy atom. The van der Waals surface area contributed by atoms with E-state index in [0.29, 0.717) is 5.92 Å². The molecule has 2 N–H and O–H groups in total. The zero-order valence-electron chi connectivity index (χ0n) is 10.7. The summed E-state index contributed by atoms with van der Waals surface area (Å²) < 4.78 is 7.21. The summed E-state index contributed by atoms with van der Waals surface area (Å²) in [5.74, 6) is 1.55. The number of hydrogen-bond donors (Lipinski definition) is 1. The third kappa shape index (κ3) is 2.83. The van der Waals surface area contributed by atoms with Gasteiger partial charge in [0, 0.05) is 22.5 Å². The maximum atomic E-state index is 6.27. The van der Waals surface area contributed by atoms with Gasteiger partial charge >= 0.3 is 0 Å². The van der Waals surface area contributed by atoms with Crippen molar-refractivity contribution in [2.45, 2.75) is 45.3 Å². The lowest BCUT2D eigenvalue weighted by atomic mass is 9.83. The second-order valence-electron chi connectivity index (χ2n) is 5.64. The number of halogens is 1. The van der Waals surface area contributed by atoms with Gasteiger partial charge in [-0.3, -0.25) is 0 Å². The zero-order valence-corrected chi connectivity index (χ0v) is 12.3. The van der Waals surface area contributed by atoms with Crippen molar-refractivity contribution < 1.29 is 4.74 Å². The van der Waals surface area contributed by atoms with Crippen LogP contribution in [0.2, 0.25) is 0 Å². The highest BCUT2D eigenvalue weighted by atomic mass is 79.9. The Balaban J connectivity index is 2.30. The molecule has 1 aliphatic heterocycles. The molecule has 3 heteroatoms. The number of rotatable bonds is 2. The Kier molecular flexibility index (Phi) is 3.50. The molecule has 0 spiro atoms. The number of benzene rings is 1. The lowest BCUT2D eigenvalue weighted by Gasteiger charge is -2.40. The van der Waals surface area contributed by atoms with E-state index in [-0.39, 0.29) is 11.6 Å². The van der Waals surface area contributed by atoms with Gasteiger partial charge in [0.1, 0.15) is 11.4 Å². The predicted octanol–water partition coefficient (Wildman–Crippen LogP) is 4.04. The molecule has 2 nitrogen and oxygen atoms in total. The number of hydrogen-bond acceptors (Lipinski definition) is 2. The van der Waals surface area contributed by atoms with E-state index in [9.17, 15) is 0 Å². The summed E-state index contributed by atoms with van der Waals surface area (Å²) in [6.45, 7) is 6.60. The minimum atomic E-state index is -0.131. The summed E-state index contributed by atoms with van der Waals surface area (Å²) >= 11 is 3.48. The Hall–Kier alpha value is -0.540. The van der Waals surface area contributed by atoms with Crippen LogP contribution in [0.3, 0.4) is 0 Å². The molecule has 1 aromatic carbocycles. The molecule has 2 atom stereocenters. The fourth-order valence-corrected chi connectivity index (χ4v) is 3.15. The topological polar surface area (TPSA) is 35.2 Å².